The largest absolute Gasteiger partial charge is 0.490 e. The minimum atomic E-state index is -0.425. The first-order valence-electron chi connectivity index (χ1n) is 16.1. The lowest BCUT2D eigenvalue weighted by molar-refractivity contribution is -0.133. The Balaban J connectivity index is 1.20. The number of fused-ring (bicyclic) bond motifs is 1. The molecule has 2 aromatic carbocycles. The number of ether oxygens (including phenoxy) is 1. The number of hydrogen-bond donors (Lipinski definition) is 1. The molecule has 1 fully saturated rings. The third-order valence-electron chi connectivity index (χ3n) is 8.79. The molecule has 0 radical (unpaired) electrons. The average molecular weight is 752 g/mol. The predicted molar refractivity (Wildman–Crippen MR) is 189 cm³/mol. The zero-order valence-electron chi connectivity index (χ0n) is 27.4. The highest BCUT2D eigenvalue weighted by Gasteiger charge is 2.27. The minimum absolute atomic E-state index is 0.0205. The highest BCUT2D eigenvalue weighted by Crippen LogP contribution is 2.37. The fourth-order valence-corrected chi connectivity index (χ4v) is 6.51. The van der Waals surface area contributed by atoms with Crippen LogP contribution in [0.25, 0.3) is 16.9 Å². The smallest absolute Gasteiger partial charge is 0.261 e. The molecule has 11 nitrogen and oxygen atoms in total. The molecule has 14 heteroatoms. The monoisotopic (exact) mass is 750 g/mol. The molecule has 1 aliphatic rings. The maximum Gasteiger partial charge on any atom is 0.261 e. The second-order valence-electron chi connectivity index (χ2n) is 12.2. The van der Waals surface area contributed by atoms with Crippen LogP contribution in [0.1, 0.15) is 49.0 Å². The van der Waals surface area contributed by atoms with Crippen molar-refractivity contribution in [3.8, 4) is 17.0 Å². The van der Waals surface area contributed by atoms with E-state index in [2.05, 4.69) is 43.3 Å². The zero-order chi connectivity index (χ0) is 34.7. The van der Waals surface area contributed by atoms with E-state index in [0.29, 0.717) is 57.5 Å². The molecule has 0 bridgehead atoms. The summed E-state index contributed by atoms with van der Waals surface area (Å²) in [5.41, 5.74) is 3.10. The molecule has 0 spiro atoms. The number of anilines is 1. The van der Waals surface area contributed by atoms with Crippen LogP contribution in [-0.4, -0.2) is 78.3 Å². The summed E-state index contributed by atoms with van der Waals surface area (Å²) in [6, 6.07) is 12.3. The Labute approximate surface area is 297 Å². The van der Waals surface area contributed by atoms with Gasteiger partial charge in [-0.1, -0.05) is 24.6 Å². The topological polar surface area (TPSA) is 110 Å². The number of carbonyl (C=O) groups is 2. The number of hydrogen-bond acceptors (Lipinski definition) is 7. The molecular weight excluding hydrogens is 715 g/mol. The van der Waals surface area contributed by atoms with E-state index in [-0.39, 0.29) is 36.0 Å². The van der Waals surface area contributed by atoms with Crippen molar-refractivity contribution >= 4 is 50.7 Å². The number of aromatic nitrogens is 5. The van der Waals surface area contributed by atoms with Gasteiger partial charge in [0.15, 0.2) is 5.65 Å². The maximum atomic E-state index is 13.7. The van der Waals surface area contributed by atoms with Crippen molar-refractivity contribution < 1.29 is 18.7 Å². The van der Waals surface area contributed by atoms with Gasteiger partial charge in [0.1, 0.15) is 29.4 Å². The Hall–Kier alpha value is -4.33. The second kappa shape index (κ2) is 15.1. The molecule has 6 rings (SSSR count). The molecule has 1 aliphatic heterocycles. The summed E-state index contributed by atoms with van der Waals surface area (Å²) in [6.07, 6.45) is 8.74. The molecule has 1 unspecified atom stereocenters. The van der Waals surface area contributed by atoms with Gasteiger partial charge in [0.05, 0.1) is 22.5 Å². The van der Waals surface area contributed by atoms with Gasteiger partial charge in [0.25, 0.3) is 5.91 Å². The fraction of sp³-hybridized carbons (Fsp3) is 0.343. The molecule has 1 N–H and O–H groups in total. The average Bonchev–Trinajstić information content (AvgIpc) is 3.71. The Morgan fingerprint density at radius 1 is 1.20 bits per heavy atom. The lowest BCUT2D eigenvalue weighted by Gasteiger charge is -2.36. The number of nitrogens with zero attached hydrogens (tertiary/aromatic N) is 7. The molecule has 0 aliphatic carbocycles. The summed E-state index contributed by atoms with van der Waals surface area (Å²) in [5.74, 6) is -0.229. The Morgan fingerprint density at radius 2 is 2.00 bits per heavy atom. The maximum absolute atomic E-state index is 13.7. The number of halogens is 3. The first-order chi connectivity index (χ1) is 23.6. The molecular formula is C35H37BrClFN8O3. The lowest BCUT2D eigenvalue weighted by Crippen LogP contribution is -2.46. The molecule has 2 amide bonds. The number of carbonyl (C=O) groups excluding carboxylic acids is 2. The van der Waals surface area contributed by atoms with E-state index in [0.717, 1.165) is 24.8 Å². The lowest BCUT2D eigenvalue weighted by atomic mass is 10.0. The van der Waals surface area contributed by atoms with Gasteiger partial charge in [-0.2, -0.15) is 10.2 Å². The van der Waals surface area contributed by atoms with Crippen LogP contribution >= 0.6 is 27.5 Å². The summed E-state index contributed by atoms with van der Waals surface area (Å²) >= 11 is 9.72. The van der Waals surface area contributed by atoms with E-state index in [1.165, 1.54) is 16.8 Å². The van der Waals surface area contributed by atoms with Crippen molar-refractivity contribution in [1.82, 2.24) is 34.2 Å². The SMILES string of the molecule is CCC(C)Oc1ccc(Cl)cc1-c1nn(CC(=O)N2CCC(N(C)Cc3ccc(F)c(Br)c3)CC2)cc1NC(=O)c1cnn2cccnc12. The molecule has 49 heavy (non-hydrogen) atoms. The van der Waals surface area contributed by atoms with E-state index < -0.39 is 5.91 Å². The van der Waals surface area contributed by atoms with Crippen LogP contribution < -0.4 is 10.1 Å². The molecule has 1 saturated heterocycles. The van der Waals surface area contributed by atoms with Crippen molar-refractivity contribution in [3.05, 3.63) is 93.7 Å². The van der Waals surface area contributed by atoms with Crippen LogP contribution in [0.3, 0.4) is 0 Å². The van der Waals surface area contributed by atoms with E-state index in [4.69, 9.17) is 21.4 Å². The van der Waals surface area contributed by atoms with Crippen LogP contribution in [0, 0.1) is 5.82 Å². The number of likely N-dealkylation sites (tertiary alicyclic amines) is 1. The van der Waals surface area contributed by atoms with Gasteiger partial charge < -0.3 is 15.0 Å². The van der Waals surface area contributed by atoms with Crippen LogP contribution in [-0.2, 0) is 17.9 Å². The van der Waals surface area contributed by atoms with Crippen LogP contribution in [0.5, 0.6) is 5.75 Å². The molecule has 5 aromatic rings. The first kappa shape index (κ1) is 34.5. The van der Waals surface area contributed by atoms with E-state index in [1.807, 2.05) is 18.7 Å². The molecule has 4 heterocycles. The van der Waals surface area contributed by atoms with Crippen molar-refractivity contribution in [2.45, 2.75) is 58.3 Å². The third-order valence-corrected chi connectivity index (χ3v) is 9.63. The van der Waals surface area contributed by atoms with Crippen LogP contribution in [0.4, 0.5) is 10.1 Å². The number of benzene rings is 2. The normalized spacial score (nSPS) is 14.4. The van der Waals surface area contributed by atoms with Gasteiger partial charge in [0.2, 0.25) is 5.91 Å². The summed E-state index contributed by atoms with van der Waals surface area (Å²) < 4.78 is 23.4. The summed E-state index contributed by atoms with van der Waals surface area (Å²) in [4.78, 5) is 35.5. The van der Waals surface area contributed by atoms with Crippen molar-refractivity contribution in [2.75, 3.05) is 25.5 Å². The van der Waals surface area contributed by atoms with Crippen molar-refractivity contribution in [3.63, 3.8) is 0 Å². The van der Waals surface area contributed by atoms with E-state index in [1.54, 1.807) is 59.7 Å². The molecule has 1 atom stereocenters. The van der Waals surface area contributed by atoms with Gasteiger partial charge in [-0.05, 0) is 91.1 Å². The van der Waals surface area contributed by atoms with Gasteiger partial charge in [0, 0.05) is 54.9 Å². The zero-order valence-corrected chi connectivity index (χ0v) is 29.8. The Morgan fingerprint density at radius 3 is 2.76 bits per heavy atom. The first-order valence-corrected chi connectivity index (χ1v) is 17.3. The Kier molecular flexibility index (Phi) is 10.6. The Bertz CT molecular complexity index is 1980. The highest BCUT2D eigenvalue weighted by atomic mass is 79.9. The van der Waals surface area contributed by atoms with Gasteiger partial charge in [-0.3, -0.25) is 19.2 Å². The number of amides is 2. The third kappa shape index (κ3) is 7.95. The van der Waals surface area contributed by atoms with Gasteiger partial charge in [-0.15, -0.1) is 0 Å². The summed E-state index contributed by atoms with van der Waals surface area (Å²) in [6.45, 7) is 5.86. The standard InChI is InChI=1S/C35H37BrClFN8O3/c1-4-22(2)49-31-9-7-24(37)17-26(31)33-30(41-35(48)27-18-40-46-13-5-12-39-34(27)46)20-45(42-33)21-32(47)44-14-10-25(11-15-44)43(3)19-23-6-8-29(38)28(36)16-23/h5-9,12-13,16-18,20,22,25H,4,10-11,14-15,19,21H2,1-3H3,(H,41,48). The van der Waals surface area contributed by atoms with Crippen molar-refractivity contribution in [1.29, 1.82) is 0 Å². The predicted octanol–water partition coefficient (Wildman–Crippen LogP) is 6.70. The number of nitrogens with one attached hydrogen (secondary N) is 1. The van der Waals surface area contributed by atoms with E-state index in [9.17, 15) is 14.0 Å². The summed E-state index contributed by atoms with van der Waals surface area (Å²) in [5, 5.41) is 12.5. The second-order valence-corrected chi connectivity index (χ2v) is 13.5. The number of piperidine rings is 1. The van der Waals surface area contributed by atoms with Crippen LogP contribution in [0.15, 0.2) is 71.7 Å². The fourth-order valence-electron chi connectivity index (χ4n) is 5.91. The quantitative estimate of drug-likeness (QED) is 0.160. The minimum Gasteiger partial charge on any atom is -0.490 e. The number of rotatable bonds is 11. The highest BCUT2D eigenvalue weighted by molar-refractivity contribution is 9.10. The summed E-state index contributed by atoms with van der Waals surface area (Å²) in [7, 11) is 2.05. The molecule has 3 aromatic heterocycles. The van der Waals surface area contributed by atoms with Gasteiger partial charge >= 0.3 is 0 Å². The molecule has 256 valence electrons. The van der Waals surface area contributed by atoms with Crippen LogP contribution in [0.2, 0.25) is 5.02 Å². The molecule has 0 saturated carbocycles. The van der Waals surface area contributed by atoms with E-state index >= 15 is 0 Å². The van der Waals surface area contributed by atoms with Crippen molar-refractivity contribution in [2.24, 2.45) is 0 Å². The van der Waals surface area contributed by atoms with Gasteiger partial charge in [-0.25, -0.2) is 13.9 Å².